The predicted molar refractivity (Wildman–Crippen MR) is 94.4 cm³/mol. The minimum Gasteiger partial charge on any atom is -0.353 e. The van der Waals surface area contributed by atoms with Gasteiger partial charge in [0.1, 0.15) is 11.6 Å². The molecule has 24 heavy (non-hydrogen) atoms. The van der Waals surface area contributed by atoms with E-state index < -0.39 is 0 Å². The average Bonchev–Trinajstić information content (AvgIpc) is 3.38. The van der Waals surface area contributed by atoms with Crippen molar-refractivity contribution in [3.8, 4) is 0 Å². The average molecular weight is 326 g/mol. The maximum Gasteiger partial charge on any atom is 0.135 e. The van der Waals surface area contributed by atoms with Crippen molar-refractivity contribution in [1.29, 1.82) is 0 Å². The van der Waals surface area contributed by atoms with Gasteiger partial charge >= 0.3 is 0 Å². The molecule has 0 atom stereocenters. The second kappa shape index (κ2) is 6.51. The Labute approximate surface area is 143 Å². The first-order chi connectivity index (χ1) is 11.7. The van der Waals surface area contributed by atoms with Crippen molar-refractivity contribution >= 4 is 5.82 Å². The Kier molecular flexibility index (Phi) is 4.22. The van der Waals surface area contributed by atoms with Gasteiger partial charge in [-0.3, -0.25) is 5.10 Å². The minimum absolute atomic E-state index is 0.688. The molecule has 1 aliphatic carbocycles. The van der Waals surface area contributed by atoms with E-state index in [0.29, 0.717) is 5.92 Å². The van der Waals surface area contributed by atoms with Crippen LogP contribution in [-0.2, 0) is 25.8 Å². The Balaban J connectivity index is 1.60. The maximum atomic E-state index is 4.85. The second-order valence-electron chi connectivity index (χ2n) is 6.94. The zero-order valence-corrected chi connectivity index (χ0v) is 14.6. The SMILES string of the molecule is CCc1nc2c(c(N(C)Cc3cc(C4CC4)n[nH]3)n1)CCNCC2. The van der Waals surface area contributed by atoms with Gasteiger partial charge in [-0.25, -0.2) is 9.97 Å². The summed E-state index contributed by atoms with van der Waals surface area (Å²) in [7, 11) is 2.12. The largest absolute Gasteiger partial charge is 0.353 e. The number of fused-ring (bicyclic) bond motifs is 1. The molecule has 2 aliphatic rings. The third-order valence-electron chi connectivity index (χ3n) is 4.94. The van der Waals surface area contributed by atoms with E-state index in [1.165, 1.54) is 29.8 Å². The van der Waals surface area contributed by atoms with Gasteiger partial charge in [0.2, 0.25) is 0 Å². The van der Waals surface area contributed by atoms with Gasteiger partial charge in [0.05, 0.1) is 23.6 Å². The molecule has 2 N–H and O–H groups in total. The lowest BCUT2D eigenvalue weighted by atomic mass is 10.1. The van der Waals surface area contributed by atoms with Crippen LogP contribution in [0.3, 0.4) is 0 Å². The normalized spacial score (nSPS) is 17.4. The fourth-order valence-electron chi connectivity index (χ4n) is 3.43. The van der Waals surface area contributed by atoms with Crippen LogP contribution in [0.1, 0.15) is 54.2 Å². The van der Waals surface area contributed by atoms with Gasteiger partial charge in [0.25, 0.3) is 0 Å². The molecular formula is C18H26N6. The van der Waals surface area contributed by atoms with E-state index >= 15 is 0 Å². The number of hydrogen-bond donors (Lipinski definition) is 2. The summed E-state index contributed by atoms with van der Waals surface area (Å²) in [6, 6.07) is 2.22. The monoisotopic (exact) mass is 326 g/mol. The molecule has 0 spiro atoms. The lowest BCUT2D eigenvalue weighted by Gasteiger charge is -2.22. The van der Waals surface area contributed by atoms with Gasteiger partial charge in [-0.1, -0.05) is 6.92 Å². The van der Waals surface area contributed by atoms with Crippen molar-refractivity contribution in [2.45, 2.75) is 51.5 Å². The van der Waals surface area contributed by atoms with E-state index in [4.69, 9.17) is 9.97 Å². The highest BCUT2D eigenvalue weighted by Crippen LogP contribution is 2.39. The Morgan fingerprint density at radius 3 is 2.83 bits per heavy atom. The van der Waals surface area contributed by atoms with Crippen LogP contribution in [0.5, 0.6) is 0 Å². The van der Waals surface area contributed by atoms with Crippen molar-refractivity contribution in [3.63, 3.8) is 0 Å². The van der Waals surface area contributed by atoms with E-state index in [-0.39, 0.29) is 0 Å². The van der Waals surface area contributed by atoms with Crippen LogP contribution in [0, 0.1) is 0 Å². The van der Waals surface area contributed by atoms with Crippen molar-refractivity contribution in [2.24, 2.45) is 0 Å². The molecule has 4 rings (SSSR count). The molecule has 1 saturated carbocycles. The van der Waals surface area contributed by atoms with Crippen LogP contribution in [0.15, 0.2) is 6.07 Å². The third kappa shape index (κ3) is 3.15. The topological polar surface area (TPSA) is 69.7 Å². The molecule has 6 nitrogen and oxygen atoms in total. The molecular weight excluding hydrogens is 300 g/mol. The first-order valence-electron chi connectivity index (χ1n) is 9.09. The Morgan fingerprint density at radius 1 is 1.21 bits per heavy atom. The molecule has 0 bridgehead atoms. The number of aromatic amines is 1. The van der Waals surface area contributed by atoms with Crippen LogP contribution in [0.25, 0.3) is 0 Å². The van der Waals surface area contributed by atoms with E-state index in [9.17, 15) is 0 Å². The molecule has 1 fully saturated rings. The predicted octanol–water partition coefficient (Wildman–Crippen LogP) is 1.96. The Hall–Kier alpha value is -1.95. The Bertz CT molecular complexity index is 718. The molecule has 2 aromatic rings. The molecule has 128 valence electrons. The van der Waals surface area contributed by atoms with Gasteiger partial charge in [0.15, 0.2) is 0 Å². The summed E-state index contributed by atoms with van der Waals surface area (Å²) < 4.78 is 0. The second-order valence-corrected chi connectivity index (χ2v) is 6.94. The number of aryl methyl sites for hydroxylation is 1. The van der Waals surface area contributed by atoms with Crippen molar-refractivity contribution in [1.82, 2.24) is 25.5 Å². The number of anilines is 1. The van der Waals surface area contributed by atoms with Crippen LogP contribution in [-0.4, -0.2) is 40.3 Å². The van der Waals surface area contributed by atoms with E-state index in [1.54, 1.807) is 0 Å². The molecule has 3 heterocycles. The van der Waals surface area contributed by atoms with Gasteiger partial charge in [-0.15, -0.1) is 0 Å². The van der Waals surface area contributed by atoms with Crippen LogP contribution < -0.4 is 10.2 Å². The zero-order valence-electron chi connectivity index (χ0n) is 14.6. The molecule has 1 aliphatic heterocycles. The van der Waals surface area contributed by atoms with Crippen LogP contribution in [0.4, 0.5) is 5.82 Å². The van der Waals surface area contributed by atoms with Crippen molar-refractivity contribution < 1.29 is 0 Å². The first-order valence-corrected chi connectivity index (χ1v) is 9.09. The third-order valence-corrected chi connectivity index (χ3v) is 4.94. The van der Waals surface area contributed by atoms with E-state index in [1.807, 2.05) is 0 Å². The lowest BCUT2D eigenvalue weighted by Crippen LogP contribution is -2.22. The first kappa shape index (κ1) is 15.6. The lowest BCUT2D eigenvalue weighted by molar-refractivity contribution is 0.707. The van der Waals surface area contributed by atoms with Gasteiger partial charge in [-0.05, 0) is 31.9 Å². The Morgan fingerprint density at radius 2 is 2.04 bits per heavy atom. The summed E-state index contributed by atoms with van der Waals surface area (Å²) in [4.78, 5) is 11.9. The summed E-state index contributed by atoms with van der Waals surface area (Å²) in [5, 5.41) is 11.1. The number of hydrogen-bond acceptors (Lipinski definition) is 5. The van der Waals surface area contributed by atoms with Gasteiger partial charge in [-0.2, -0.15) is 5.10 Å². The fraction of sp³-hybridized carbons (Fsp3) is 0.611. The standard InChI is InChI=1S/C18H26N6/c1-3-17-20-15-7-9-19-8-6-14(15)18(21-17)24(2)11-13-10-16(23-22-13)12-4-5-12/h10,12,19H,3-9,11H2,1-2H3,(H,22,23). The molecule has 2 aromatic heterocycles. The summed E-state index contributed by atoms with van der Waals surface area (Å²) in [5.74, 6) is 2.72. The summed E-state index contributed by atoms with van der Waals surface area (Å²) >= 11 is 0. The minimum atomic E-state index is 0.688. The summed E-state index contributed by atoms with van der Waals surface area (Å²) in [6.45, 7) is 4.93. The highest BCUT2D eigenvalue weighted by Gasteiger charge is 2.26. The highest BCUT2D eigenvalue weighted by molar-refractivity contribution is 5.50. The summed E-state index contributed by atoms with van der Waals surface area (Å²) in [6.07, 6.45) is 5.42. The molecule has 0 unspecified atom stereocenters. The van der Waals surface area contributed by atoms with E-state index in [2.05, 4.69) is 40.5 Å². The zero-order chi connectivity index (χ0) is 16.5. The molecule has 6 heteroatoms. The molecule has 0 radical (unpaired) electrons. The molecule has 0 saturated heterocycles. The highest BCUT2D eigenvalue weighted by atomic mass is 15.2. The van der Waals surface area contributed by atoms with Gasteiger partial charge < -0.3 is 10.2 Å². The smallest absolute Gasteiger partial charge is 0.135 e. The van der Waals surface area contributed by atoms with Crippen LogP contribution >= 0.6 is 0 Å². The maximum absolute atomic E-state index is 4.85. The number of rotatable bonds is 5. The molecule has 0 amide bonds. The van der Waals surface area contributed by atoms with Crippen molar-refractivity contribution in [3.05, 3.63) is 34.5 Å². The quantitative estimate of drug-likeness (QED) is 0.879. The molecule has 0 aromatic carbocycles. The van der Waals surface area contributed by atoms with Gasteiger partial charge in [0, 0.05) is 37.9 Å². The fourth-order valence-corrected chi connectivity index (χ4v) is 3.43. The number of nitrogens with one attached hydrogen (secondary N) is 2. The van der Waals surface area contributed by atoms with Crippen molar-refractivity contribution in [2.75, 3.05) is 25.0 Å². The number of aromatic nitrogens is 4. The number of H-pyrrole nitrogens is 1. The van der Waals surface area contributed by atoms with E-state index in [0.717, 1.165) is 56.2 Å². The van der Waals surface area contributed by atoms with Crippen LogP contribution in [0.2, 0.25) is 0 Å². The summed E-state index contributed by atoms with van der Waals surface area (Å²) in [5.41, 5.74) is 4.91. The number of nitrogens with zero attached hydrogens (tertiary/aromatic N) is 4.